The quantitative estimate of drug-likeness (QED) is 0.781. The average Bonchev–Trinajstić information content (AvgIpc) is 2.51. The lowest BCUT2D eigenvalue weighted by atomic mass is 9.95. The molecular formula is C10H13BrN2. The van der Waals surface area contributed by atoms with Gasteiger partial charge in [-0.15, -0.1) is 0 Å². The van der Waals surface area contributed by atoms with Crippen LogP contribution in [-0.4, -0.2) is 19.1 Å². The maximum atomic E-state index is 5.98. The van der Waals surface area contributed by atoms with Crippen LogP contribution >= 0.6 is 15.9 Å². The Morgan fingerprint density at radius 3 is 2.85 bits per heavy atom. The van der Waals surface area contributed by atoms with Gasteiger partial charge in [-0.25, -0.2) is 0 Å². The Labute approximate surface area is 86.6 Å². The Morgan fingerprint density at radius 1 is 1.38 bits per heavy atom. The van der Waals surface area contributed by atoms with Gasteiger partial charge < -0.3 is 11.1 Å². The monoisotopic (exact) mass is 240 g/mol. The van der Waals surface area contributed by atoms with Crippen LogP contribution in [0.5, 0.6) is 0 Å². The molecule has 3 heteroatoms. The molecule has 1 aliphatic rings. The lowest BCUT2D eigenvalue weighted by molar-refractivity contribution is 0.653. The molecule has 70 valence electrons. The first-order valence-electron chi connectivity index (χ1n) is 4.49. The van der Waals surface area contributed by atoms with Gasteiger partial charge in [-0.3, -0.25) is 0 Å². The summed E-state index contributed by atoms with van der Waals surface area (Å²) < 4.78 is 1.13. The van der Waals surface area contributed by atoms with Crippen molar-refractivity contribution in [3.8, 4) is 0 Å². The van der Waals surface area contributed by atoms with Crippen LogP contribution < -0.4 is 11.1 Å². The molecule has 13 heavy (non-hydrogen) atoms. The van der Waals surface area contributed by atoms with Gasteiger partial charge in [-0.05, 0) is 17.7 Å². The summed E-state index contributed by atoms with van der Waals surface area (Å²) in [5.74, 6) is 0.470. The van der Waals surface area contributed by atoms with Crippen molar-refractivity contribution in [3.05, 3.63) is 34.3 Å². The smallest absolute Gasteiger partial charge is 0.0247 e. The molecule has 0 bridgehead atoms. The molecule has 3 N–H and O–H groups in total. The van der Waals surface area contributed by atoms with Crippen molar-refractivity contribution >= 4 is 15.9 Å². The number of rotatable bonds is 1. The summed E-state index contributed by atoms with van der Waals surface area (Å²) in [6.07, 6.45) is 0. The maximum absolute atomic E-state index is 5.98. The summed E-state index contributed by atoms with van der Waals surface area (Å²) in [5.41, 5.74) is 7.31. The van der Waals surface area contributed by atoms with Crippen molar-refractivity contribution in [2.24, 2.45) is 5.73 Å². The van der Waals surface area contributed by atoms with Gasteiger partial charge in [-0.2, -0.15) is 0 Å². The van der Waals surface area contributed by atoms with E-state index in [9.17, 15) is 0 Å². The van der Waals surface area contributed by atoms with Crippen molar-refractivity contribution in [1.82, 2.24) is 5.32 Å². The Kier molecular flexibility index (Phi) is 2.67. The Hall–Kier alpha value is -0.380. The molecule has 2 unspecified atom stereocenters. The third kappa shape index (κ3) is 1.93. The molecule has 0 aliphatic carbocycles. The van der Waals surface area contributed by atoms with E-state index in [0.717, 1.165) is 17.6 Å². The minimum atomic E-state index is 0.259. The van der Waals surface area contributed by atoms with Crippen LogP contribution in [0.1, 0.15) is 11.5 Å². The van der Waals surface area contributed by atoms with E-state index in [1.807, 2.05) is 6.07 Å². The molecule has 1 aromatic rings. The predicted octanol–water partition coefficient (Wildman–Crippen LogP) is 1.46. The molecule has 2 rings (SSSR count). The van der Waals surface area contributed by atoms with Crippen LogP contribution in [0.3, 0.4) is 0 Å². The molecular weight excluding hydrogens is 228 g/mol. The standard InChI is InChI=1S/C10H13BrN2/c11-8-3-1-2-7(4-8)9-5-13-6-10(9)12/h1-4,9-10,13H,5-6,12H2. The highest BCUT2D eigenvalue weighted by molar-refractivity contribution is 9.10. The third-order valence-corrected chi connectivity index (χ3v) is 3.03. The number of benzene rings is 1. The van der Waals surface area contributed by atoms with E-state index in [1.165, 1.54) is 5.56 Å². The van der Waals surface area contributed by atoms with Crippen LogP contribution in [0.4, 0.5) is 0 Å². The van der Waals surface area contributed by atoms with E-state index < -0.39 is 0 Å². The van der Waals surface area contributed by atoms with E-state index in [0.29, 0.717) is 5.92 Å². The summed E-state index contributed by atoms with van der Waals surface area (Å²) in [7, 11) is 0. The second-order valence-corrected chi connectivity index (χ2v) is 4.40. The molecule has 1 aliphatic heterocycles. The van der Waals surface area contributed by atoms with E-state index in [2.05, 4.69) is 39.4 Å². The second-order valence-electron chi connectivity index (χ2n) is 3.48. The summed E-state index contributed by atoms with van der Waals surface area (Å²) >= 11 is 3.47. The van der Waals surface area contributed by atoms with E-state index in [4.69, 9.17) is 5.73 Å². The zero-order chi connectivity index (χ0) is 9.26. The number of hydrogen-bond acceptors (Lipinski definition) is 2. The average molecular weight is 241 g/mol. The van der Waals surface area contributed by atoms with Crippen LogP contribution in [0.15, 0.2) is 28.7 Å². The lowest BCUT2D eigenvalue weighted by Crippen LogP contribution is -2.27. The summed E-state index contributed by atoms with van der Waals surface area (Å²) in [5, 5.41) is 3.30. The molecule has 0 saturated carbocycles. The highest BCUT2D eigenvalue weighted by Gasteiger charge is 2.24. The van der Waals surface area contributed by atoms with Crippen molar-refractivity contribution in [2.75, 3.05) is 13.1 Å². The van der Waals surface area contributed by atoms with Crippen LogP contribution in [0.25, 0.3) is 0 Å². The molecule has 2 nitrogen and oxygen atoms in total. The summed E-state index contributed by atoms with van der Waals surface area (Å²) in [4.78, 5) is 0. The molecule has 0 amide bonds. The SMILES string of the molecule is NC1CNCC1c1cccc(Br)c1. The zero-order valence-corrected chi connectivity index (χ0v) is 8.92. The fourth-order valence-corrected chi connectivity index (χ4v) is 2.22. The normalized spacial score (nSPS) is 27.8. The van der Waals surface area contributed by atoms with Gasteiger partial charge in [-0.1, -0.05) is 28.1 Å². The van der Waals surface area contributed by atoms with E-state index in [-0.39, 0.29) is 6.04 Å². The van der Waals surface area contributed by atoms with Gasteiger partial charge in [0.2, 0.25) is 0 Å². The van der Waals surface area contributed by atoms with Gasteiger partial charge >= 0.3 is 0 Å². The zero-order valence-electron chi connectivity index (χ0n) is 7.33. The number of nitrogens with one attached hydrogen (secondary N) is 1. The first-order chi connectivity index (χ1) is 6.27. The van der Waals surface area contributed by atoms with Crippen molar-refractivity contribution < 1.29 is 0 Å². The molecule has 0 spiro atoms. The highest BCUT2D eigenvalue weighted by atomic mass is 79.9. The minimum absolute atomic E-state index is 0.259. The van der Waals surface area contributed by atoms with Crippen molar-refractivity contribution in [1.29, 1.82) is 0 Å². The molecule has 1 heterocycles. The van der Waals surface area contributed by atoms with Crippen LogP contribution in [0, 0.1) is 0 Å². The first-order valence-corrected chi connectivity index (χ1v) is 5.28. The van der Waals surface area contributed by atoms with E-state index in [1.54, 1.807) is 0 Å². The fourth-order valence-electron chi connectivity index (χ4n) is 1.80. The summed E-state index contributed by atoms with van der Waals surface area (Å²) in [6.45, 7) is 1.93. The maximum Gasteiger partial charge on any atom is 0.0247 e. The number of hydrogen-bond donors (Lipinski definition) is 2. The van der Waals surface area contributed by atoms with Crippen molar-refractivity contribution in [2.45, 2.75) is 12.0 Å². The summed E-state index contributed by atoms with van der Waals surface area (Å²) in [6, 6.07) is 8.65. The van der Waals surface area contributed by atoms with Crippen LogP contribution in [0.2, 0.25) is 0 Å². The fraction of sp³-hybridized carbons (Fsp3) is 0.400. The van der Waals surface area contributed by atoms with Gasteiger partial charge in [0.25, 0.3) is 0 Å². The Balaban J connectivity index is 2.24. The van der Waals surface area contributed by atoms with Gasteiger partial charge in [0.1, 0.15) is 0 Å². The topological polar surface area (TPSA) is 38.0 Å². The van der Waals surface area contributed by atoms with E-state index >= 15 is 0 Å². The molecule has 1 fully saturated rings. The predicted molar refractivity (Wildman–Crippen MR) is 57.7 cm³/mol. The molecule has 0 radical (unpaired) electrons. The minimum Gasteiger partial charge on any atom is -0.326 e. The van der Waals surface area contributed by atoms with Crippen LogP contribution in [-0.2, 0) is 0 Å². The van der Waals surface area contributed by atoms with Crippen molar-refractivity contribution in [3.63, 3.8) is 0 Å². The molecule has 0 aromatic heterocycles. The number of nitrogens with two attached hydrogens (primary N) is 1. The van der Waals surface area contributed by atoms with Gasteiger partial charge in [0, 0.05) is 29.5 Å². The molecule has 1 saturated heterocycles. The largest absolute Gasteiger partial charge is 0.326 e. The van der Waals surface area contributed by atoms with Gasteiger partial charge in [0.15, 0.2) is 0 Å². The third-order valence-electron chi connectivity index (χ3n) is 2.54. The first kappa shape index (κ1) is 9.19. The van der Waals surface area contributed by atoms with Gasteiger partial charge in [0.05, 0.1) is 0 Å². The number of halogens is 1. The lowest BCUT2D eigenvalue weighted by Gasteiger charge is -2.14. The molecule has 2 atom stereocenters. The molecule has 1 aromatic carbocycles. The Bertz CT molecular complexity index is 301. The highest BCUT2D eigenvalue weighted by Crippen LogP contribution is 2.24. The Morgan fingerprint density at radius 2 is 2.23 bits per heavy atom. The second kappa shape index (κ2) is 3.78.